The van der Waals surface area contributed by atoms with E-state index in [0.717, 1.165) is 18.7 Å². The van der Waals surface area contributed by atoms with Crippen LogP contribution in [-0.4, -0.2) is 43.1 Å². The van der Waals surface area contributed by atoms with Gasteiger partial charge in [0.1, 0.15) is 5.82 Å². The van der Waals surface area contributed by atoms with E-state index in [1.54, 1.807) is 12.1 Å². The molecule has 4 N–H and O–H groups in total. The van der Waals surface area contributed by atoms with E-state index in [-0.39, 0.29) is 4.90 Å². The molecule has 3 heterocycles. The SMILES string of the molecule is Cc1ccc(S(=O)(=O)O)cc1.Nc1ccc(N2C[C@@H]3C[C@H]2CN3)cn1. The molecule has 7 nitrogen and oxygen atoms in total. The molecule has 0 saturated carbocycles. The highest BCUT2D eigenvalue weighted by atomic mass is 32.2. The third-order valence-corrected chi connectivity index (χ3v) is 5.35. The molecule has 1 aromatic heterocycles. The number of benzene rings is 1. The van der Waals surface area contributed by atoms with Gasteiger partial charge in [-0.2, -0.15) is 8.42 Å². The van der Waals surface area contributed by atoms with E-state index in [4.69, 9.17) is 10.3 Å². The third kappa shape index (κ3) is 4.28. The van der Waals surface area contributed by atoms with Gasteiger partial charge in [-0.05, 0) is 37.6 Å². The first kappa shape index (κ1) is 17.7. The molecule has 2 aromatic rings. The number of piperazine rings is 1. The molecule has 134 valence electrons. The van der Waals surface area contributed by atoms with Gasteiger partial charge in [-0.1, -0.05) is 17.7 Å². The zero-order valence-corrected chi connectivity index (χ0v) is 14.8. The summed E-state index contributed by atoms with van der Waals surface area (Å²) in [6, 6.07) is 11.3. The predicted molar refractivity (Wildman–Crippen MR) is 97.2 cm³/mol. The van der Waals surface area contributed by atoms with Crippen molar-refractivity contribution in [3.63, 3.8) is 0 Å². The Kier molecular flexibility index (Phi) is 4.94. The van der Waals surface area contributed by atoms with Gasteiger partial charge in [-0.3, -0.25) is 4.55 Å². The summed E-state index contributed by atoms with van der Waals surface area (Å²) in [4.78, 5) is 6.48. The topological polar surface area (TPSA) is 109 Å². The van der Waals surface area contributed by atoms with Crippen LogP contribution in [-0.2, 0) is 10.1 Å². The molecular weight excluding hydrogens is 340 g/mol. The summed E-state index contributed by atoms with van der Waals surface area (Å²) in [5.41, 5.74) is 7.72. The van der Waals surface area contributed by atoms with Crippen molar-refractivity contribution in [1.29, 1.82) is 0 Å². The van der Waals surface area contributed by atoms with Crippen LogP contribution in [0.15, 0.2) is 47.5 Å². The van der Waals surface area contributed by atoms with Crippen LogP contribution in [0.25, 0.3) is 0 Å². The van der Waals surface area contributed by atoms with Gasteiger partial charge in [0.25, 0.3) is 10.1 Å². The molecular formula is C17H22N4O3S. The van der Waals surface area contributed by atoms with E-state index in [0.29, 0.717) is 17.9 Å². The van der Waals surface area contributed by atoms with Gasteiger partial charge in [0.2, 0.25) is 0 Å². The Labute approximate surface area is 147 Å². The lowest BCUT2D eigenvalue weighted by Crippen LogP contribution is -2.43. The molecule has 0 radical (unpaired) electrons. The molecule has 1 aromatic carbocycles. The molecule has 2 fully saturated rings. The zero-order chi connectivity index (χ0) is 18.0. The Balaban J connectivity index is 0.000000151. The minimum atomic E-state index is -4.02. The van der Waals surface area contributed by atoms with Gasteiger partial charge in [-0.15, -0.1) is 0 Å². The van der Waals surface area contributed by atoms with Crippen molar-refractivity contribution in [2.75, 3.05) is 23.7 Å². The van der Waals surface area contributed by atoms with Gasteiger partial charge in [0.05, 0.1) is 16.8 Å². The Bertz CT molecular complexity index is 822. The summed E-state index contributed by atoms with van der Waals surface area (Å²) in [6.45, 7) is 4.05. The number of nitrogen functional groups attached to an aromatic ring is 1. The zero-order valence-electron chi connectivity index (χ0n) is 14.0. The number of aromatic nitrogens is 1. The number of nitrogens with zero attached hydrogens (tertiary/aromatic N) is 2. The van der Waals surface area contributed by atoms with Gasteiger partial charge >= 0.3 is 0 Å². The lowest BCUT2D eigenvalue weighted by Gasteiger charge is -2.29. The lowest BCUT2D eigenvalue weighted by atomic mass is 10.2. The van der Waals surface area contributed by atoms with Crippen LogP contribution >= 0.6 is 0 Å². The molecule has 4 rings (SSSR count). The predicted octanol–water partition coefficient (Wildman–Crippen LogP) is 1.46. The summed E-state index contributed by atoms with van der Waals surface area (Å²) in [5.74, 6) is 0.594. The largest absolute Gasteiger partial charge is 0.384 e. The molecule has 0 amide bonds. The number of hydrogen-bond acceptors (Lipinski definition) is 6. The van der Waals surface area contributed by atoms with Crippen molar-refractivity contribution >= 4 is 21.6 Å². The Morgan fingerprint density at radius 3 is 2.44 bits per heavy atom. The summed E-state index contributed by atoms with van der Waals surface area (Å²) < 4.78 is 29.6. The normalized spacial score (nSPS) is 21.8. The fourth-order valence-electron chi connectivity index (χ4n) is 3.15. The minimum Gasteiger partial charge on any atom is -0.384 e. The second-order valence-electron chi connectivity index (χ2n) is 6.38. The van der Waals surface area contributed by atoms with Gasteiger partial charge in [0.15, 0.2) is 0 Å². The highest BCUT2D eigenvalue weighted by Gasteiger charge is 2.37. The average Bonchev–Trinajstić information content (AvgIpc) is 3.19. The Morgan fingerprint density at radius 1 is 1.24 bits per heavy atom. The number of nitrogens with two attached hydrogens (primary N) is 1. The number of rotatable bonds is 2. The smallest absolute Gasteiger partial charge is 0.294 e. The number of aryl methyl sites for hydroxylation is 1. The van der Waals surface area contributed by atoms with Crippen LogP contribution in [0.3, 0.4) is 0 Å². The van der Waals surface area contributed by atoms with E-state index in [1.165, 1.54) is 24.2 Å². The first-order valence-corrected chi connectivity index (χ1v) is 9.52. The van der Waals surface area contributed by atoms with Crippen LogP contribution in [0.4, 0.5) is 11.5 Å². The maximum atomic E-state index is 10.5. The van der Waals surface area contributed by atoms with Crippen molar-refractivity contribution in [2.45, 2.75) is 30.3 Å². The van der Waals surface area contributed by atoms with E-state index < -0.39 is 10.1 Å². The molecule has 2 saturated heterocycles. The van der Waals surface area contributed by atoms with Crippen molar-refractivity contribution in [3.8, 4) is 0 Å². The maximum Gasteiger partial charge on any atom is 0.294 e. The molecule has 0 spiro atoms. The molecule has 2 atom stereocenters. The molecule has 2 aliphatic rings. The van der Waals surface area contributed by atoms with Gasteiger partial charge in [0, 0.05) is 25.2 Å². The van der Waals surface area contributed by atoms with Crippen molar-refractivity contribution < 1.29 is 13.0 Å². The summed E-state index contributed by atoms with van der Waals surface area (Å²) >= 11 is 0. The summed E-state index contributed by atoms with van der Waals surface area (Å²) in [7, 11) is -4.02. The Hall–Kier alpha value is -2.16. The summed E-state index contributed by atoms with van der Waals surface area (Å²) in [5, 5.41) is 3.48. The molecule has 0 unspecified atom stereocenters. The summed E-state index contributed by atoms with van der Waals surface area (Å²) in [6.07, 6.45) is 3.14. The first-order valence-electron chi connectivity index (χ1n) is 8.08. The monoisotopic (exact) mass is 362 g/mol. The fourth-order valence-corrected chi connectivity index (χ4v) is 3.63. The number of anilines is 2. The highest BCUT2D eigenvalue weighted by molar-refractivity contribution is 7.85. The van der Waals surface area contributed by atoms with Gasteiger partial charge in [-0.25, -0.2) is 4.98 Å². The number of nitrogens with one attached hydrogen (secondary N) is 1. The second-order valence-corrected chi connectivity index (χ2v) is 7.80. The molecule has 25 heavy (non-hydrogen) atoms. The maximum absolute atomic E-state index is 10.5. The molecule has 0 aliphatic carbocycles. The number of pyridine rings is 1. The fraction of sp³-hybridized carbons (Fsp3) is 0.353. The number of fused-ring (bicyclic) bond motifs is 2. The van der Waals surface area contributed by atoms with E-state index >= 15 is 0 Å². The van der Waals surface area contributed by atoms with Gasteiger partial charge < -0.3 is 16.0 Å². The average molecular weight is 362 g/mol. The van der Waals surface area contributed by atoms with Crippen molar-refractivity contribution in [1.82, 2.24) is 10.3 Å². The van der Waals surface area contributed by atoms with Crippen LogP contribution in [0, 0.1) is 6.92 Å². The first-order chi connectivity index (χ1) is 11.8. The molecule has 2 bridgehead atoms. The van der Waals surface area contributed by atoms with E-state index in [2.05, 4.69) is 21.3 Å². The highest BCUT2D eigenvalue weighted by Crippen LogP contribution is 2.28. The minimum absolute atomic E-state index is 0.0666. The third-order valence-electron chi connectivity index (χ3n) is 4.48. The van der Waals surface area contributed by atoms with Crippen LogP contribution in [0.5, 0.6) is 0 Å². The van der Waals surface area contributed by atoms with E-state index in [1.807, 2.05) is 19.2 Å². The van der Waals surface area contributed by atoms with Crippen molar-refractivity contribution in [2.24, 2.45) is 0 Å². The Morgan fingerprint density at radius 2 is 1.96 bits per heavy atom. The van der Waals surface area contributed by atoms with Crippen LogP contribution in [0.1, 0.15) is 12.0 Å². The van der Waals surface area contributed by atoms with Crippen LogP contribution < -0.4 is 16.0 Å². The second kappa shape index (κ2) is 6.99. The quantitative estimate of drug-likeness (QED) is 0.694. The lowest BCUT2D eigenvalue weighted by molar-refractivity contribution is 0.483. The van der Waals surface area contributed by atoms with Crippen molar-refractivity contribution in [3.05, 3.63) is 48.2 Å². The standard InChI is InChI=1S/C10H14N4.C7H8O3S/c11-10-2-1-8(4-13-10)14-6-7-3-9(14)5-12-7;1-6-2-4-7(5-3-6)11(8,9)10/h1-2,4,7,9,12H,3,5-6H2,(H2,11,13);2-5H,1H3,(H,8,9,10)/t7-,9-;/m0./s1. The van der Waals surface area contributed by atoms with Crippen LogP contribution in [0.2, 0.25) is 0 Å². The molecule has 8 heteroatoms. The molecule has 2 aliphatic heterocycles. The number of hydrogen-bond donors (Lipinski definition) is 3. The van der Waals surface area contributed by atoms with E-state index in [9.17, 15) is 8.42 Å².